The van der Waals surface area contributed by atoms with Gasteiger partial charge < -0.3 is 11.1 Å². The molecular weight excluding hydrogens is 354 g/mol. The molecule has 0 aromatic heterocycles. The van der Waals surface area contributed by atoms with Crippen LogP contribution in [-0.2, 0) is 4.79 Å². The van der Waals surface area contributed by atoms with Crippen LogP contribution in [0.3, 0.4) is 0 Å². The fourth-order valence-electron chi connectivity index (χ4n) is 4.10. The molecule has 3 N–H and O–H groups in total. The van der Waals surface area contributed by atoms with Crippen LogP contribution in [0, 0.1) is 5.92 Å². The normalized spacial score (nSPS) is 18.3. The van der Waals surface area contributed by atoms with Crippen LogP contribution in [0.25, 0.3) is 10.8 Å². The smallest absolute Gasteiger partial charge is 0.261 e. The van der Waals surface area contributed by atoms with Crippen LogP contribution in [0.5, 0.6) is 0 Å². The fraction of sp³-hybridized carbons (Fsp3) is 0.409. The third-order valence-corrected chi connectivity index (χ3v) is 5.97. The van der Waals surface area contributed by atoms with Crippen molar-refractivity contribution in [3.05, 3.63) is 47.5 Å². The van der Waals surface area contributed by atoms with Crippen LogP contribution in [-0.4, -0.2) is 41.2 Å². The molecule has 3 amide bonds. The Balaban J connectivity index is 1.43. The highest BCUT2D eigenvalue weighted by molar-refractivity contribution is 6.25. The lowest BCUT2D eigenvalue weighted by Crippen LogP contribution is -2.53. The van der Waals surface area contributed by atoms with Crippen LogP contribution in [0.4, 0.5) is 0 Å². The summed E-state index contributed by atoms with van der Waals surface area (Å²) in [7, 11) is 0. The van der Waals surface area contributed by atoms with Crippen molar-refractivity contribution in [2.75, 3.05) is 13.1 Å². The van der Waals surface area contributed by atoms with Crippen molar-refractivity contribution in [1.29, 1.82) is 0 Å². The van der Waals surface area contributed by atoms with Crippen LogP contribution < -0.4 is 11.1 Å². The molecule has 0 spiro atoms. The molecule has 2 aromatic carbocycles. The van der Waals surface area contributed by atoms with E-state index < -0.39 is 0 Å². The lowest BCUT2D eigenvalue weighted by molar-refractivity contribution is -0.123. The topological polar surface area (TPSA) is 92.5 Å². The first kappa shape index (κ1) is 18.6. The van der Waals surface area contributed by atoms with Gasteiger partial charge in [-0.2, -0.15) is 0 Å². The van der Waals surface area contributed by atoms with Crippen molar-refractivity contribution in [2.24, 2.45) is 11.7 Å². The monoisotopic (exact) mass is 379 g/mol. The maximum Gasteiger partial charge on any atom is 0.261 e. The average Bonchev–Trinajstić information content (AvgIpc) is 3.54. The highest BCUT2D eigenvalue weighted by Crippen LogP contribution is 2.39. The summed E-state index contributed by atoms with van der Waals surface area (Å²) in [6, 6.07) is 11.0. The Hall–Kier alpha value is -2.73. The second kappa shape index (κ2) is 7.02. The highest BCUT2D eigenvalue weighted by atomic mass is 16.2. The molecule has 1 heterocycles. The van der Waals surface area contributed by atoms with Gasteiger partial charge in [0.1, 0.15) is 0 Å². The summed E-state index contributed by atoms with van der Waals surface area (Å²) in [6.45, 7) is 2.61. The maximum atomic E-state index is 12.9. The Morgan fingerprint density at radius 3 is 2.29 bits per heavy atom. The number of nitrogens with zero attached hydrogens (tertiary/aromatic N) is 1. The zero-order chi connectivity index (χ0) is 19.9. The van der Waals surface area contributed by atoms with E-state index in [1.807, 2.05) is 31.2 Å². The molecule has 4 rings (SSSR count). The van der Waals surface area contributed by atoms with Crippen LogP contribution >= 0.6 is 0 Å². The third-order valence-electron chi connectivity index (χ3n) is 5.97. The van der Waals surface area contributed by atoms with Crippen molar-refractivity contribution in [3.63, 3.8) is 0 Å². The maximum absolute atomic E-state index is 12.9. The fourth-order valence-corrected chi connectivity index (χ4v) is 4.10. The van der Waals surface area contributed by atoms with Gasteiger partial charge in [-0.15, -0.1) is 0 Å². The Bertz CT molecular complexity index is 916. The summed E-state index contributed by atoms with van der Waals surface area (Å²) in [5, 5.41) is 4.65. The minimum Gasteiger partial charge on any atom is -0.349 e. The van der Waals surface area contributed by atoms with E-state index in [9.17, 15) is 14.4 Å². The summed E-state index contributed by atoms with van der Waals surface area (Å²) in [5.74, 6) is -0.220. The molecule has 1 saturated carbocycles. The minimum absolute atomic E-state index is 0.0840. The van der Waals surface area contributed by atoms with Gasteiger partial charge in [0, 0.05) is 36.0 Å². The highest BCUT2D eigenvalue weighted by Gasteiger charge is 2.41. The zero-order valence-corrected chi connectivity index (χ0v) is 16.0. The number of benzene rings is 2. The van der Waals surface area contributed by atoms with Crippen molar-refractivity contribution in [2.45, 2.75) is 38.1 Å². The number of rotatable bonds is 7. The van der Waals surface area contributed by atoms with E-state index in [1.54, 1.807) is 12.1 Å². The van der Waals surface area contributed by atoms with Gasteiger partial charge >= 0.3 is 0 Å². The van der Waals surface area contributed by atoms with Crippen molar-refractivity contribution >= 4 is 28.5 Å². The summed E-state index contributed by atoms with van der Waals surface area (Å²) < 4.78 is 0. The Labute approximate surface area is 164 Å². The molecule has 146 valence electrons. The number of nitrogens with two attached hydrogens (primary N) is 1. The van der Waals surface area contributed by atoms with E-state index >= 15 is 0 Å². The van der Waals surface area contributed by atoms with Crippen molar-refractivity contribution in [1.82, 2.24) is 10.2 Å². The van der Waals surface area contributed by atoms with Gasteiger partial charge in [-0.3, -0.25) is 19.3 Å². The standard InChI is InChI=1S/C22H25N3O3/c1-22(13-23,15-10-11-15)24-18(26)9-4-12-25-20(27)16-7-2-5-14-6-3-8-17(19(14)16)21(25)28/h2-3,5-8,15H,4,9-13,23H2,1H3,(H,24,26). The zero-order valence-electron chi connectivity index (χ0n) is 16.0. The first-order chi connectivity index (χ1) is 13.4. The van der Waals surface area contributed by atoms with Gasteiger partial charge in [-0.05, 0) is 49.6 Å². The molecule has 0 bridgehead atoms. The predicted molar refractivity (Wildman–Crippen MR) is 107 cm³/mol. The number of imide groups is 1. The van der Waals surface area contributed by atoms with E-state index in [0.29, 0.717) is 30.0 Å². The molecule has 1 aliphatic carbocycles. The SMILES string of the molecule is CC(CN)(NC(=O)CCCN1C(=O)c2cccc3cccc(c23)C1=O)C1CC1. The second-order valence-corrected chi connectivity index (χ2v) is 8.02. The molecule has 1 aliphatic heterocycles. The Morgan fingerprint density at radius 2 is 1.75 bits per heavy atom. The van der Waals surface area contributed by atoms with E-state index in [0.717, 1.165) is 23.6 Å². The second-order valence-electron chi connectivity index (χ2n) is 8.02. The number of carbonyl (C=O) groups excluding carboxylic acids is 3. The number of hydrogen-bond acceptors (Lipinski definition) is 4. The summed E-state index contributed by atoms with van der Waals surface area (Å²) in [5.41, 5.74) is 6.58. The first-order valence-corrected chi connectivity index (χ1v) is 9.83. The number of hydrogen-bond donors (Lipinski definition) is 2. The van der Waals surface area contributed by atoms with Crippen LogP contribution in [0.2, 0.25) is 0 Å². The molecule has 6 heteroatoms. The summed E-state index contributed by atoms with van der Waals surface area (Å²) >= 11 is 0. The Morgan fingerprint density at radius 1 is 1.14 bits per heavy atom. The molecule has 6 nitrogen and oxygen atoms in total. The largest absolute Gasteiger partial charge is 0.349 e. The van der Waals surface area contributed by atoms with Gasteiger partial charge in [-0.1, -0.05) is 24.3 Å². The molecule has 0 radical (unpaired) electrons. The molecule has 28 heavy (non-hydrogen) atoms. The lowest BCUT2D eigenvalue weighted by atomic mass is 9.94. The van der Waals surface area contributed by atoms with Crippen molar-refractivity contribution in [3.8, 4) is 0 Å². The number of nitrogens with one attached hydrogen (secondary N) is 1. The van der Waals surface area contributed by atoms with Gasteiger partial charge in [0.05, 0.1) is 5.54 Å². The molecule has 0 saturated heterocycles. The molecule has 1 fully saturated rings. The quantitative estimate of drug-likeness (QED) is 0.723. The van der Waals surface area contributed by atoms with Crippen LogP contribution in [0.15, 0.2) is 36.4 Å². The molecule has 2 aromatic rings. The molecule has 1 atom stereocenters. The third kappa shape index (κ3) is 3.18. The number of amides is 3. The Kier molecular flexibility index (Phi) is 4.67. The van der Waals surface area contributed by atoms with Gasteiger partial charge in [0.25, 0.3) is 11.8 Å². The summed E-state index contributed by atoms with van der Waals surface area (Å²) in [4.78, 5) is 39.3. The molecular formula is C22H25N3O3. The van der Waals surface area contributed by atoms with Crippen LogP contribution in [0.1, 0.15) is 53.3 Å². The van der Waals surface area contributed by atoms with E-state index in [4.69, 9.17) is 5.73 Å². The molecule has 2 aliphatic rings. The predicted octanol–water partition coefficient (Wildman–Crippen LogP) is 2.46. The molecule has 1 unspecified atom stereocenters. The van der Waals surface area contributed by atoms with Crippen molar-refractivity contribution < 1.29 is 14.4 Å². The average molecular weight is 379 g/mol. The van der Waals surface area contributed by atoms with E-state index in [1.165, 1.54) is 4.90 Å². The lowest BCUT2D eigenvalue weighted by Gasteiger charge is -2.30. The first-order valence-electron chi connectivity index (χ1n) is 9.83. The van der Waals surface area contributed by atoms with E-state index in [-0.39, 0.29) is 36.2 Å². The van der Waals surface area contributed by atoms with Gasteiger partial charge in [-0.25, -0.2) is 0 Å². The van der Waals surface area contributed by atoms with Gasteiger partial charge in [0.15, 0.2) is 0 Å². The summed E-state index contributed by atoms with van der Waals surface area (Å²) in [6.07, 6.45) is 2.86. The van der Waals surface area contributed by atoms with E-state index in [2.05, 4.69) is 5.32 Å². The van der Waals surface area contributed by atoms with Gasteiger partial charge in [0.2, 0.25) is 5.91 Å². The number of carbonyl (C=O) groups is 3. The minimum atomic E-state index is -0.359.